The van der Waals surface area contributed by atoms with E-state index in [1.54, 1.807) is 26.0 Å². The molecule has 0 saturated heterocycles. The summed E-state index contributed by atoms with van der Waals surface area (Å²) in [6.07, 6.45) is -0.335. The smallest absolute Gasteiger partial charge is 0.496 e. The Balaban J connectivity index is 1.45. The first-order valence-electron chi connectivity index (χ1n) is 14.4. The molecular formula is C34H39NO10. The van der Waals surface area contributed by atoms with Gasteiger partial charge >= 0.3 is 12.1 Å². The number of ether oxygens (including phenoxy) is 7. The van der Waals surface area contributed by atoms with Crippen molar-refractivity contribution in [3.05, 3.63) is 76.9 Å². The summed E-state index contributed by atoms with van der Waals surface area (Å²) in [5, 5.41) is 0. The Hall–Kier alpha value is -4.77. The second-order valence-electron chi connectivity index (χ2n) is 11.2. The Bertz CT molecular complexity index is 1540. The average Bonchev–Trinajstić information content (AvgIpc) is 3.01. The van der Waals surface area contributed by atoms with Crippen molar-refractivity contribution in [1.82, 2.24) is 0 Å². The van der Waals surface area contributed by atoms with Gasteiger partial charge in [-0.3, -0.25) is 4.79 Å². The van der Waals surface area contributed by atoms with Crippen LogP contribution in [-0.4, -0.2) is 64.6 Å². The van der Waals surface area contributed by atoms with Gasteiger partial charge in [0.25, 0.3) is 0 Å². The number of hydrogen-bond donors (Lipinski definition) is 1. The van der Waals surface area contributed by atoms with E-state index in [9.17, 15) is 14.4 Å². The van der Waals surface area contributed by atoms with E-state index in [4.69, 9.17) is 38.9 Å². The van der Waals surface area contributed by atoms with Crippen LogP contribution in [0.2, 0.25) is 0 Å². The Morgan fingerprint density at radius 3 is 2.24 bits per heavy atom. The largest absolute Gasteiger partial charge is 0.516 e. The van der Waals surface area contributed by atoms with Crippen LogP contribution >= 0.6 is 0 Å². The molecule has 0 bridgehead atoms. The SMILES string of the molecule is COc1ccc(CC2COc3cc(OC)c(OC)c(OC)c3C2=O)cc1CC(C)(C)OC(=O)OC(=O)[C@@H](N)Cc1ccccc1. The van der Waals surface area contributed by atoms with Gasteiger partial charge in [-0.1, -0.05) is 42.5 Å². The monoisotopic (exact) mass is 621 g/mol. The summed E-state index contributed by atoms with van der Waals surface area (Å²) < 4.78 is 38.3. The summed E-state index contributed by atoms with van der Waals surface area (Å²) >= 11 is 0. The van der Waals surface area contributed by atoms with Crippen LogP contribution < -0.4 is 29.4 Å². The van der Waals surface area contributed by atoms with Crippen LogP contribution in [0, 0.1) is 5.92 Å². The van der Waals surface area contributed by atoms with Gasteiger partial charge in [-0.25, -0.2) is 9.59 Å². The second-order valence-corrected chi connectivity index (χ2v) is 11.2. The standard InChI is InChI=1S/C34H39NO10/c1-34(2,45-33(38)44-32(37)24(35)16-20-10-8-7-9-11-20)18-22-14-21(12-13-25(22)39-3)15-23-19-43-26-17-27(40-4)30(41-5)31(42-6)28(26)29(23)36/h7-14,17,23-24H,15-16,18-19,35H2,1-6H3/t23?,24-/m0/s1. The van der Waals surface area contributed by atoms with Gasteiger partial charge in [0.2, 0.25) is 5.75 Å². The summed E-state index contributed by atoms with van der Waals surface area (Å²) in [4.78, 5) is 38.6. The average molecular weight is 622 g/mol. The maximum atomic E-state index is 13.7. The van der Waals surface area contributed by atoms with Crippen molar-refractivity contribution in [1.29, 1.82) is 0 Å². The molecule has 4 rings (SSSR count). The summed E-state index contributed by atoms with van der Waals surface area (Å²) in [7, 11) is 5.96. The van der Waals surface area contributed by atoms with Crippen LogP contribution in [0.4, 0.5) is 4.79 Å². The van der Waals surface area contributed by atoms with E-state index in [0.717, 1.165) is 16.7 Å². The van der Waals surface area contributed by atoms with Crippen molar-refractivity contribution in [2.24, 2.45) is 11.7 Å². The van der Waals surface area contributed by atoms with Crippen molar-refractivity contribution in [2.45, 2.75) is 44.8 Å². The lowest BCUT2D eigenvalue weighted by Crippen LogP contribution is -2.38. The highest BCUT2D eigenvalue weighted by Crippen LogP contribution is 2.47. The first kappa shape index (κ1) is 33.1. The highest BCUT2D eigenvalue weighted by molar-refractivity contribution is 6.05. The molecule has 1 aliphatic heterocycles. The number of ketones is 1. The zero-order valence-corrected chi connectivity index (χ0v) is 26.3. The molecule has 1 heterocycles. The molecule has 0 saturated carbocycles. The quantitative estimate of drug-likeness (QED) is 0.222. The zero-order valence-electron chi connectivity index (χ0n) is 26.3. The number of rotatable bonds is 12. The van der Waals surface area contributed by atoms with E-state index in [1.165, 1.54) is 28.4 Å². The van der Waals surface area contributed by atoms with Gasteiger partial charge in [-0.2, -0.15) is 0 Å². The first-order chi connectivity index (χ1) is 21.5. The van der Waals surface area contributed by atoms with Crippen LogP contribution in [0.3, 0.4) is 0 Å². The Morgan fingerprint density at radius 2 is 1.60 bits per heavy atom. The molecule has 240 valence electrons. The molecule has 0 fully saturated rings. The van der Waals surface area contributed by atoms with Gasteiger partial charge in [0.05, 0.1) is 41.0 Å². The number of methoxy groups -OCH3 is 4. The van der Waals surface area contributed by atoms with Crippen molar-refractivity contribution >= 4 is 17.9 Å². The molecule has 2 N–H and O–H groups in total. The minimum Gasteiger partial charge on any atom is -0.496 e. The topological polar surface area (TPSA) is 142 Å². The minimum atomic E-state index is -1.15. The fraction of sp³-hybridized carbons (Fsp3) is 0.382. The summed E-state index contributed by atoms with van der Waals surface area (Å²) in [6.45, 7) is 3.54. The van der Waals surface area contributed by atoms with Crippen LogP contribution in [-0.2, 0) is 33.5 Å². The molecule has 0 aromatic heterocycles. The van der Waals surface area contributed by atoms with Gasteiger partial charge in [0.15, 0.2) is 17.3 Å². The lowest BCUT2D eigenvalue weighted by molar-refractivity contribution is -0.143. The third kappa shape index (κ3) is 7.85. The maximum absolute atomic E-state index is 13.7. The van der Waals surface area contributed by atoms with Gasteiger partial charge in [0, 0.05) is 12.5 Å². The fourth-order valence-electron chi connectivity index (χ4n) is 5.33. The lowest BCUT2D eigenvalue weighted by Gasteiger charge is -2.28. The van der Waals surface area contributed by atoms with Crippen molar-refractivity contribution in [2.75, 3.05) is 35.0 Å². The van der Waals surface area contributed by atoms with E-state index in [0.29, 0.717) is 35.0 Å². The number of carbonyl (C=O) groups is 3. The minimum absolute atomic E-state index is 0.145. The number of hydrogen-bond acceptors (Lipinski definition) is 11. The molecule has 11 nitrogen and oxygen atoms in total. The summed E-state index contributed by atoms with van der Waals surface area (Å²) in [6, 6.07) is 15.3. The van der Waals surface area contributed by atoms with E-state index >= 15 is 0 Å². The Labute approximate surface area is 262 Å². The number of fused-ring (bicyclic) bond motifs is 1. The van der Waals surface area contributed by atoms with Gasteiger partial charge in [0.1, 0.15) is 28.7 Å². The molecule has 0 radical (unpaired) electrons. The van der Waals surface area contributed by atoms with Gasteiger partial charge in [-0.05, 0) is 49.4 Å². The second kappa shape index (κ2) is 14.3. The molecule has 3 aromatic carbocycles. The number of esters is 1. The molecule has 1 aliphatic rings. The van der Waals surface area contributed by atoms with E-state index in [1.807, 2.05) is 42.5 Å². The summed E-state index contributed by atoms with van der Waals surface area (Å²) in [5.41, 5.74) is 7.57. The van der Waals surface area contributed by atoms with Crippen molar-refractivity contribution in [3.8, 4) is 28.7 Å². The Kier molecular flexibility index (Phi) is 10.6. The molecule has 2 atom stereocenters. The molecule has 0 spiro atoms. The highest BCUT2D eigenvalue weighted by Gasteiger charge is 2.36. The third-order valence-electron chi connectivity index (χ3n) is 7.44. The normalized spacial score (nSPS) is 14.8. The number of Topliss-reactive ketones (excluding diaryl/α,β-unsaturated/α-hetero) is 1. The van der Waals surface area contributed by atoms with E-state index < -0.39 is 29.7 Å². The highest BCUT2D eigenvalue weighted by atomic mass is 16.7. The van der Waals surface area contributed by atoms with Crippen molar-refractivity contribution < 1.29 is 47.5 Å². The number of carbonyl (C=O) groups excluding carboxylic acids is 3. The van der Waals surface area contributed by atoms with Crippen LogP contribution in [0.15, 0.2) is 54.6 Å². The van der Waals surface area contributed by atoms with Gasteiger partial charge < -0.3 is 38.9 Å². The fourth-order valence-corrected chi connectivity index (χ4v) is 5.33. The molecular weight excluding hydrogens is 582 g/mol. The Morgan fingerprint density at radius 1 is 0.911 bits per heavy atom. The van der Waals surface area contributed by atoms with E-state index in [-0.39, 0.29) is 31.0 Å². The number of benzene rings is 3. The molecule has 45 heavy (non-hydrogen) atoms. The molecule has 0 aliphatic carbocycles. The van der Waals surface area contributed by atoms with Crippen LogP contribution in [0.1, 0.15) is 40.9 Å². The molecule has 0 amide bonds. The third-order valence-corrected chi connectivity index (χ3v) is 7.44. The lowest BCUT2D eigenvalue weighted by atomic mass is 9.87. The van der Waals surface area contributed by atoms with Crippen LogP contribution in [0.5, 0.6) is 28.7 Å². The summed E-state index contributed by atoms with van der Waals surface area (Å²) in [5.74, 6) is 0.362. The number of nitrogens with two attached hydrogens (primary N) is 1. The predicted octanol–water partition coefficient (Wildman–Crippen LogP) is 4.73. The molecule has 1 unspecified atom stereocenters. The molecule has 11 heteroatoms. The van der Waals surface area contributed by atoms with Crippen LogP contribution in [0.25, 0.3) is 0 Å². The zero-order chi connectivity index (χ0) is 32.7. The van der Waals surface area contributed by atoms with Gasteiger partial charge in [-0.15, -0.1) is 0 Å². The van der Waals surface area contributed by atoms with Crippen molar-refractivity contribution in [3.63, 3.8) is 0 Å². The molecule has 3 aromatic rings. The van der Waals surface area contributed by atoms with E-state index in [2.05, 4.69) is 0 Å². The first-order valence-corrected chi connectivity index (χ1v) is 14.4. The predicted molar refractivity (Wildman–Crippen MR) is 165 cm³/mol. The maximum Gasteiger partial charge on any atom is 0.516 e.